The molecule has 0 aliphatic rings. The van der Waals surface area contributed by atoms with Crippen LogP contribution in [-0.2, 0) is 0 Å². The Morgan fingerprint density at radius 3 is 2.70 bits per heavy atom. The standard InChI is InChI=1S/C14H10Cl2N2OS/c1-19-12-7-8(5-6-9(12)15)18-13-10(16)3-2-4-11(13)17-14(18)20/h2-7H,1H3,(H,17,20). The van der Waals surface area contributed by atoms with Crippen molar-refractivity contribution in [2.24, 2.45) is 0 Å². The molecule has 0 saturated carbocycles. The zero-order valence-corrected chi connectivity index (χ0v) is 12.8. The number of para-hydroxylation sites is 1. The number of nitrogens with zero attached hydrogens (tertiary/aromatic N) is 1. The average molecular weight is 325 g/mol. The van der Waals surface area contributed by atoms with Gasteiger partial charge in [0.25, 0.3) is 0 Å². The molecule has 1 N–H and O–H groups in total. The summed E-state index contributed by atoms with van der Waals surface area (Å²) in [4.78, 5) is 3.14. The molecule has 0 fully saturated rings. The van der Waals surface area contributed by atoms with Gasteiger partial charge in [-0.2, -0.15) is 0 Å². The number of hydrogen-bond donors (Lipinski definition) is 1. The highest BCUT2D eigenvalue weighted by Gasteiger charge is 2.11. The van der Waals surface area contributed by atoms with Gasteiger partial charge in [-0.3, -0.25) is 4.57 Å². The molecule has 102 valence electrons. The van der Waals surface area contributed by atoms with E-state index in [2.05, 4.69) is 4.98 Å². The SMILES string of the molecule is COc1cc(-n2c(=S)[nH]c3cccc(Cl)c32)ccc1Cl. The quantitative estimate of drug-likeness (QED) is 0.672. The van der Waals surface area contributed by atoms with Crippen molar-refractivity contribution >= 4 is 46.5 Å². The molecule has 0 spiro atoms. The first kappa shape index (κ1) is 13.5. The van der Waals surface area contributed by atoms with Crippen LogP contribution >= 0.6 is 35.4 Å². The number of nitrogens with one attached hydrogen (secondary N) is 1. The Balaban J connectivity index is 2.35. The van der Waals surface area contributed by atoms with Crippen LogP contribution in [0.3, 0.4) is 0 Å². The predicted octanol–water partition coefficient (Wildman–Crippen LogP) is 5.00. The molecule has 0 aliphatic heterocycles. The maximum atomic E-state index is 6.29. The summed E-state index contributed by atoms with van der Waals surface area (Å²) in [6.07, 6.45) is 0. The van der Waals surface area contributed by atoms with Gasteiger partial charge in [0.15, 0.2) is 4.77 Å². The Kier molecular flexibility index (Phi) is 3.46. The van der Waals surface area contributed by atoms with Crippen molar-refractivity contribution in [3.63, 3.8) is 0 Å². The summed E-state index contributed by atoms with van der Waals surface area (Å²) in [5.74, 6) is 0.590. The van der Waals surface area contributed by atoms with Gasteiger partial charge < -0.3 is 9.72 Å². The third-order valence-corrected chi connectivity index (χ3v) is 3.95. The maximum absolute atomic E-state index is 6.29. The Labute approximate surface area is 130 Å². The van der Waals surface area contributed by atoms with E-state index in [-0.39, 0.29) is 0 Å². The average Bonchev–Trinajstić information content (AvgIpc) is 2.77. The molecule has 2 aromatic carbocycles. The smallest absolute Gasteiger partial charge is 0.182 e. The van der Waals surface area contributed by atoms with Crippen molar-refractivity contribution in [1.29, 1.82) is 0 Å². The number of methoxy groups -OCH3 is 1. The van der Waals surface area contributed by atoms with Gasteiger partial charge in [0.05, 0.1) is 33.9 Å². The zero-order valence-electron chi connectivity index (χ0n) is 10.5. The Bertz CT molecular complexity index is 854. The predicted molar refractivity (Wildman–Crippen MR) is 85.0 cm³/mol. The monoisotopic (exact) mass is 324 g/mol. The first-order chi connectivity index (χ1) is 9.61. The summed E-state index contributed by atoms with van der Waals surface area (Å²) in [5.41, 5.74) is 2.57. The van der Waals surface area contributed by atoms with Crippen LogP contribution in [0.25, 0.3) is 16.7 Å². The lowest BCUT2D eigenvalue weighted by Crippen LogP contribution is -1.95. The van der Waals surface area contributed by atoms with Crippen LogP contribution in [-0.4, -0.2) is 16.7 Å². The molecule has 3 nitrogen and oxygen atoms in total. The van der Waals surface area contributed by atoms with Gasteiger partial charge >= 0.3 is 0 Å². The van der Waals surface area contributed by atoms with Crippen molar-refractivity contribution < 1.29 is 4.74 Å². The van der Waals surface area contributed by atoms with Crippen LogP contribution in [0.4, 0.5) is 0 Å². The van der Waals surface area contributed by atoms with Crippen LogP contribution < -0.4 is 4.74 Å². The number of rotatable bonds is 2. The molecule has 1 aromatic heterocycles. The van der Waals surface area contributed by atoms with Crippen LogP contribution in [0, 0.1) is 4.77 Å². The molecule has 3 aromatic rings. The fourth-order valence-corrected chi connectivity index (χ4v) is 2.91. The molecule has 0 radical (unpaired) electrons. The molecule has 6 heteroatoms. The number of imidazole rings is 1. The summed E-state index contributed by atoms with van der Waals surface area (Å²) in [6, 6.07) is 11.1. The van der Waals surface area contributed by atoms with E-state index in [9.17, 15) is 0 Å². The second kappa shape index (κ2) is 5.13. The first-order valence-corrected chi connectivity index (χ1v) is 7.01. The number of aromatic amines is 1. The minimum Gasteiger partial charge on any atom is -0.495 e. The van der Waals surface area contributed by atoms with Crippen LogP contribution in [0.1, 0.15) is 0 Å². The molecular weight excluding hydrogens is 315 g/mol. The van der Waals surface area contributed by atoms with Crippen molar-refractivity contribution in [3.8, 4) is 11.4 Å². The van der Waals surface area contributed by atoms with E-state index in [1.807, 2.05) is 34.9 Å². The summed E-state index contributed by atoms with van der Waals surface area (Å²) in [5, 5.41) is 1.18. The van der Waals surface area contributed by atoms with Crippen LogP contribution in [0.2, 0.25) is 10.0 Å². The number of aromatic nitrogens is 2. The molecular formula is C14H10Cl2N2OS. The molecule has 0 unspecified atom stereocenters. The Morgan fingerprint density at radius 1 is 1.15 bits per heavy atom. The number of hydrogen-bond acceptors (Lipinski definition) is 2. The van der Waals surface area contributed by atoms with E-state index in [4.69, 9.17) is 40.2 Å². The second-order valence-corrected chi connectivity index (χ2v) is 5.42. The highest BCUT2D eigenvalue weighted by molar-refractivity contribution is 7.71. The highest BCUT2D eigenvalue weighted by atomic mass is 35.5. The number of ether oxygens (including phenoxy) is 1. The lowest BCUT2D eigenvalue weighted by Gasteiger charge is -2.09. The summed E-state index contributed by atoms with van der Waals surface area (Å²) >= 11 is 17.7. The Hall–Kier alpha value is -1.49. The van der Waals surface area contributed by atoms with Crippen molar-refractivity contribution in [2.75, 3.05) is 7.11 Å². The van der Waals surface area contributed by atoms with E-state index < -0.39 is 0 Å². The molecule has 0 saturated heterocycles. The van der Waals surface area contributed by atoms with Crippen LogP contribution in [0.5, 0.6) is 5.75 Å². The lowest BCUT2D eigenvalue weighted by molar-refractivity contribution is 0.415. The summed E-state index contributed by atoms with van der Waals surface area (Å²) < 4.78 is 7.68. The van der Waals surface area contributed by atoms with E-state index in [0.717, 1.165) is 16.7 Å². The minimum absolute atomic E-state index is 0.550. The van der Waals surface area contributed by atoms with Gasteiger partial charge in [-0.15, -0.1) is 0 Å². The van der Waals surface area contributed by atoms with Gasteiger partial charge in [-0.1, -0.05) is 29.3 Å². The molecule has 0 bridgehead atoms. The fraction of sp³-hybridized carbons (Fsp3) is 0.0714. The summed E-state index contributed by atoms with van der Waals surface area (Å²) in [6.45, 7) is 0. The van der Waals surface area contributed by atoms with Gasteiger partial charge in [0.2, 0.25) is 0 Å². The van der Waals surface area contributed by atoms with Gasteiger partial charge in [-0.25, -0.2) is 0 Å². The van der Waals surface area contributed by atoms with Gasteiger partial charge in [0.1, 0.15) is 5.75 Å². The van der Waals surface area contributed by atoms with E-state index in [1.54, 1.807) is 13.2 Å². The number of H-pyrrole nitrogens is 1. The molecule has 1 heterocycles. The third kappa shape index (κ3) is 2.10. The van der Waals surface area contributed by atoms with Crippen molar-refractivity contribution in [1.82, 2.24) is 9.55 Å². The normalized spacial score (nSPS) is 10.9. The van der Waals surface area contributed by atoms with Crippen molar-refractivity contribution in [3.05, 3.63) is 51.2 Å². The molecule has 0 aliphatic carbocycles. The summed E-state index contributed by atoms with van der Waals surface area (Å²) in [7, 11) is 1.58. The number of halogens is 2. The number of benzene rings is 2. The highest BCUT2D eigenvalue weighted by Crippen LogP contribution is 2.31. The lowest BCUT2D eigenvalue weighted by atomic mass is 10.2. The van der Waals surface area contributed by atoms with E-state index in [1.165, 1.54) is 0 Å². The largest absolute Gasteiger partial charge is 0.495 e. The van der Waals surface area contributed by atoms with Gasteiger partial charge in [0, 0.05) is 6.07 Å². The van der Waals surface area contributed by atoms with Crippen molar-refractivity contribution in [2.45, 2.75) is 0 Å². The second-order valence-electron chi connectivity index (χ2n) is 4.22. The van der Waals surface area contributed by atoms with E-state index in [0.29, 0.717) is 20.6 Å². The Morgan fingerprint density at radius 2 is 1.95 bits per heavy atom. The first-order valence-electron chi connectivity index (χ1n) is 5.85. The van der Waals surface area contributed by atoms with Crippen LogP contribution in [0.15, 0.2) is 36.4 Å². The molecule has 3 rings (SSSR count). The third-order valence-electron chi connectivity index (χ3n) is 3.05. The molecule has 20 heavy (non-hydrogen) atoms. The van der Waals surface area contributed by atoms with E-state index >= 15 is 0 Å². The topological polar surface area (TPSA) is 29.9 Å². The fourth-order valence-electron chi connectivity index (χ4n) is 2.15. The zero-order chi connectivity index (χ0) is 14.3. The number of fused-ring (bicyclic) bond motifs is 1. The minimum atomic E-state index is 0.550. The maximum Gasteiger partial charge on any atom is 0.182 e. The van der Waals surface area contributed by atoms with Gasteiger partial charge in [-0.05, 0) is 36.5 Å². The molecule has 0 amide bonds. The molecule has 0 atom stereocenters.